The Morgan fingerprint density at radius 1 is 1.75 bits per heavy atom. The lowest BCUT2D eigenvalue weighted by atomic mass is 10.2. The SMILES string of the molecule is C=CC=CCC(C)N. The van der Waals surface area contributed by atoms with Crippen molar-refractivity contribution in [2.75, 3.05) is 0 Å². The van der Waals surface area contributed by atoms with E-state index in [4.69, 9.17) is 5.73 Å². The van der Waals surface area contributed by atoms with Crippen molar-refractivity contribution in [3.8, 4) is 0 Å². The molecule has 2 N–H and O–H groups in total. The molecule has 0 saturated carbocycles. The van der Waals surface area contributed by atoms with Crippen molar-refractivity contribution in [2.45, 2.75) is 19.4 Å². The molecule has 46 valence electrons. The fourth-order valence-electron chi connectivity index (χ4n) is 0.389. The molecule has 1 heteroatoms. The third-order valence-corrected chi connectivity index (χ3v) is 0.780. The first-order chi connectivity index (χ1) is 3.77. The number of hydrogen-bond acceptors (Lipinski definition) is 1. The second-order valence-corrected chi connectivity index (χ2v) is 1.88. The molecule has 1 atom stereocenters. The molecule has 0 bridgehead atoms. The molecule has 0 saturated heterocycles. The van der Waals surface area contributed by atoms with Crippen LogP contribution in [0.1, 0.15) is 13.3 Å². The molecule has 0 heterocycles. The van der Waals surface area contributed by atoms with Crippen molar-refractivity contribution >= 4 is 0 Å². The molecule has 1 unspecified atom stereocenters. The van der Waals surface area contributed by atoms with Gasteiger partial charge in [0.1, 0.15) is 0 Å². The summed E-state index contributed by atoms with van der Waals surface area (Å²) in [4.78, 5) is 0. The predicted molar refractivity (Wildman–Crippen MR) is 37.6 cm³/mol. The molecule has 0 fully saturated rings. The average Bonchev–Trinajstić information content (AvgIpc) is 1.66. The van der Waals surface area contributed by atoms with Crippen LogP contribution in [-0.4, -0.2) is 6.04 Å². The Labute approximate surface area is 50.9 Å². The van der Waals surface area contributed by atoms with E-state index >= 15 is 0 Å². The van der Waals surface area contributed by atoms with Crippen LogP contribution in [0.5, 0.6) is 0 Å². The van der Waals surface area contributed by atoms with Gasteiger partial charge in [0.15, 0.2) is 0 Å². The smallest absolute Gasteiger partial charge is 0.00451 e. The molecule has 0 rings (SSSR count). The van der Waals surface area contributed by atoms with E-state index in [1.165, 1.54) is 0 Å². The van der Waals surface area contributed by atoms with Gasteiger partial charge in [0.25, 0.3) is 0 Å². The number of allylic oxidation sites excluding steroid dienone is 2. The number of nitrogens with two attached hydrogens (primary N) is 1. The maximum Gasteiger partial charge on any atom is 0.00451 e. The first-order valence-electron chi connectivity index (χ1n) is 2.80. The van der Waals surface area contributed by atoms with Gasteiger partial charge in [0.05, 0.1) is 0 Å². The van der Waals surface area contributed by atoms with E-state index in [-0.39, 0.29) is 6.04 Å². The van der Waals surface area contributed by atoms with E-state index in [9.17, 15) is 0 Å². The Balaban J connectivity index is 3.15. The first-order valence-corrected chi connectivity index (χ1v) is 2.80. The van der Waals surface area contributed by atoms with Crippen molar-refractivity contribution < 1.29 is 0 Å². The van der Waals surface area contributed by atoms with Gasteiger partial charge in [-0.05, 0) is 13.3 Å². The maximum atomic E-state index is 5.45. The highest BCUT2D eigenvalue weighted by Crippen LogP contribution is 1.86. The van der Waals surface area contributed by atoms with Crippen LogP contribution in [0.4, 0.5) is 0 Å². The molecular formula is C7H13N. The van der Waals surface area contributed by atoms with Crippen LogP contribution in [0, 0.1) is 0 Å². The van der Waals surface area contributed by atoms with Crippen molar-refractivity contribution in [1.29, 1.82) is 0 Å². The molecule has 1 nitrogen and oxygen atoms in total. The molecule has 0 aliphatic rings. The third-order valence-electron chi connectivity index (χ3n) is 0.780. The van der Waals surface area contributed by atoms with Gasteiger partial charge in [-0.1, -0.05) is 24.8 Å². The second kappa shape index (κ2) is 4.60. The topological polar surface area (TPSA) is 26.0 Å². The van der Waals surface area contributed by atoms with Crippen molar-refractivity contribution in [1.82, 2.24) is 0 Å². The zero-order valence-electron chi connectivity index (χ0n) is 5.30. The molecule has 0 aliphatic carbocycles. The minimum atomic E-state index is 0.270. The Morgan fingerprint density at radius 3 is 2.75 bits per heavy atom. The van der Waals surface area contributed by atoms with Crippen LogP contribution >= 0.6 is 0 Å². The molecule has 0 radical (unpaired) electrons. The normalized spacial score (nSPS) is 14.2. The maximum absolute atomic E-state index is 5.45. The highest BCUT2D eigenvalue weighted by atomic mass is 14.6. The van der Waals surface area contributed by atoms with Crippen LogP contribution < -0.4 is 5.73 Å². The molecule has 8 heavy (non-hydrogen) atoms. The number of rotatable bonds is 3. The van der Waals surface area contributed by atoms with Crippen LogP contribution in [0.25, 0.3) is 0 Å². The fraction of sp³-hybridized carbons (Fsp3) is 0.429. The molecular weight excluding hydrogens is 98.1 g/mol. The van der Waals surface area contributed by atoms with Gasteiger partial charge in [0.2, 0.25) is 0 Å². The van der Waals surface area contributed by atoms with Crippen LogP contribution in [0.15, 0.2) is 24.8 Å². The van der Waals surface area contributed by atoms with E-state index in [0.29, 0.717) is 0 Å². The minimum absolute atomic E-state index is 0.270. The molecule has 0 spiro atoms. The summed E-state index contributed by atoms with van der Waals surface area (Å²) in [6.45, 7) is 5.51. The van der Waals surface area contributed by atoms with E-state index in [1.54, 1.807) is 6.08 Å². The lowest BCUT2D eigenvalue weighted by Crippen LogP contribution is -2.12. The van der Waals surface area contributed by atoms with Crippen molar-refractivity contribution in [3.05, 3.63) is 24.8 Å². The zero-order valence-corrected chi connectivity index (χ0v) is 5.30. The summed E-state index contributed by atoms with van der Waals surface area (Å²) < 4.78 is 0. The Kier molecular flexibility index (Phi) is 4.27. The van der Waals surface area contributed by atoms with E-state index in [0.717, 1.165) is 6.42 Å². The standard InChI is InChI=1S/C7H13N/c1-3-4-5-6-7(2)8/h3-5,7H,1,6,8H2,2H3. The molecule has 0 aromatic carbocycles. The lowest BCUT2D eigenvalue weighted by Gasteiger charge is -1.94. The van der Waals surface area contributed by atoms with Gasteiger partial charge < -0.3 is 5.73 Å². The highest BCUT2D eigenvalue weighted by Gasteiger charge is 1.84. The summed E-state index contributed by atoms with van der Waals surface area (Å²) in [7, 11) is 0. The highest BCUT2D eigenvalue weighted by molar-refractivity contribution is 4.97. The molecule has 0 amide bonds. The van der Waals surface area contributed by atoms with Crippen molar-refractivity contribution in [2.24, 2.45) is 5.73 Å². The van der Waals surface area contributed by atoms with Gasteiger partial charge in [-0.2, -0.15) is 0 Å². The van der Waals surface area contributed by atoms with Crippen molar-refractivity contribution in [3.63, 3.8) is 0 Å². The quantitative estimate of drug-likeness (QED) is 0.548. The molecule has 0 aromatic heterocycles. The van der Waals surface area contributed by atoms with Crippen LogP contribution in [0.2, 0.25) is 0 Å². The summed E-state index contributed by atoms with van der Waals surface area (Å²) in [6.07, 6.45) is 6.61. The average molecular weight is 111 g/mol. The summed E-state index contributed by atoms with van der Waals surface area (Å²) in [5.41, 5.74) is 5.45. The van der Waals surface area contributed by atoms with E-state index < -0.39 is 0 Å². The molecule has 0 aliphatic heterocycles. The Hall–Kier alpha value is -0.560. The molecule has 0 aromatic rings. The van der Waals surface area contributed by atoms with Gasteiger partial charge in [0, 0.05) is 6.04 Å². The van der Waals surface area contributed by atoms with E-state index in [1.807, 2.05) is 19.1 Å². The lowest BCUT2D eigenvalue weighted by molar-refractivity contribution is 0.757. The minimum Gasteiger partial charge on any atom is -0.328 e. The van der Waals surface area contributed by atoms with Gasteiger partial charge in [-0.3, -0.25) is 0 Å². The predicted octanol–water partition coefficient (Wildman–Crippen LogP) is 1.47. The number of hydrogen-bond donors (Lipinski definition) is 1. The van der Waals surface area contributed by atoms with Gasteiger partial charge >= 0.3 is 0 Å². The monoisotopic (exact) mass is 111 g/mol. The van der Waals surface area contributed by atoms with E-state index in [2.05, 4.69) is 6.58 Å². The summed E-state index contributed by atoms with van der Waals surface area (Å²) in [5, 5.41) is 0. The van der Waals surface area contributed by atoms with Gasteiger partial charge in [-0.25, -0.2) is 0 Å². The second-order valence-electron chi connectivity index (χ2n) is 1.88. The summed E-state index contributed by atoms with van der Waals surface area (Å²) in [5.74, 6) is 0. The zero-order chi connectivity index (χ0) is 6.41. The van der Waals surface area contributed by atoms with Crippen LogP contribution in [0.3, 0.4) is 0 Å². The van der Waals surface area contributed by atoms with Gasteiger partial charge in [-0.15, -0.1) is 0 Å². The van der Waals surface area contributed by atoms with Crippen LogP contribution in [-0.2, 0) is 0 Å². The Bertz CT molecular complexity index is 82.4. The Morgan fingerprint density at radius 2 is 2.38 bits per heavy atom. The summed E-state index contributed by atoms with van der Waals surface area (Å²) >= 11 is 0. The fourth-order valence-corrected chi connectivity index (χ4v) is 0.389. The first kappa shape index (κ1) is 7.44. The summed E-state index contributed by atoms with van der Waals surface area (Å²) in [6, 6.07) is 0.270. The largest absolute Gasteiger partial charge is 0.328 e. The third kappa shape index (κ3) is 5.44.